The zero-order valence-electron chi connectivity index (χ0n) is 53.8. The van der Waals surface area contributed by atoms with E-state index in [0.29, 0.717) is 48.7 Å². The SMILES string of the molecule is C=C(C)C(=O)OCCCCNC(=O)C(CCOCC)N1C(=O)c2cc(Oc3ccccc3)c3c4c(Oc5ccccc5)cc5c6c(cc(Oc7ccccc7)c(c7c(Oc8ccccc8)cc(c2c37)C1=O)c64)C(=O)N(C(CCOCC)C(=O)NCCCCOC(=O)C(=C)C)C5=O. The van der Waals surface area contributed by atoms with Gasteiger partial charge in [-0.15, -0.1) is 0 Å². The Morgan fingerprint density at radius 3 is 0.938 bits per heavy atom. The molecule has 6 amide bonds. The molecule has 20 nitrogen and oxygen atoms in total. The fourth-order valence-electron chi connectivity index (χ4n) is 12.0. The number of amides is 6. The van der Waals surface area contributed by atoms with Gasteiger partial charge in [-0.3, -0.25) is 38.6 Å². The highest BCUT2D eigenvalue weighted by atomic mass is 16.5. The third kappa shape index (κ3) is 13.8. The van der Waals surface area contributed by atoms with Crippen LogP contribution in [-0.2, 0) is 38.1 Å². The van der Waals surface area contributed by atoms with Gasteiger partial charge in [-0.05, 0) is 126 Å². The molecule has 2 atom stereocenters. The van der Waals surface area contributed by atoms with Gasteiger partial charge < -0.3 is 48.5 Å². The monoisotopic (exact) mass is 1300 g/mol. The van der Waals surface area contributed by atoms with Crippen molar-refractivity contribution in [3.05, 3.63) is 192 Å². The summed E-state index contributed by atoms with van der Waals surface area (Å²) in [5.41, 5.74) is 0.409. The topological polar surface area (TPSA) is 241 Å². The lowest BCUT2D eigenvalue weighted by atomic mass is 9.80. The molecule has 2 unspecified atom stereocenters. The number of hydrogen-bond donors (Lipinski definition) is 2. The third-order valence-corrected chi connectivity index (χ3v) is 16.5. The number of hydrogen-bond acceptors (Lipinski definition) is 16. The molecule has 0 aromatic heterocycles. The van der Waals surface area contributed by atoms with Gasteiger partial charge in [-0.25, -0.2) is 9.59 Å². The number of carbonyl (C=O) groups is 8. The molecule has 0 bridgehead atoms. The van der Waals surface area contributed by atoms with E-state index in [1.54, 1.807) is 125 Å². The summed E-state index contributed by atoms with van der Waals surface area (Å²) in [4.78, 5) is 120. The molecule has 2 heterocycles. The van der Waals surface area contributed by atoms with Crippen LogP contribution in [0.15, 0.2) is 170 Å². The maximum Gasteiger partial charge on any atom is 0.333 e. The highest BCUT2D eigenvalue weighted by Crippen LogP contribution is 2.58. The highest BCUT2D eigenvalue weighted by molar-refractivity contribution is 6.45. The molecule has 11 rings (SSSR count). The summed E-state index contributed by atoms with van der Waals surface area (Å²) >= 11 is 0. The van der Waals surface area contributed by atoms with Gasteiger partial charge in [0.1, 0.15) is 58.1 Å². The van der Waals surface area contributed by atoms with E-state index in [1.165, 1.54) is 24.3 Å². The van der Waals surface area contributed by atoms with Gasteiger partial charge in [0.15, 0.2) is 0 Å². The largest absolute Gasteiger partial charge is 0.462 e. The lowest BCUT2D eigenvalue weighted by Crippen LogP contribution is -2.54. The van der Waals surface area contributed by atoms with E-state index in [4.69, 9.17) is 37.9 Å². The molecular formula is C76H72N4O16. The Bertz CT molecular complexity index is 3990. The third-order valence-electron chi connectivity index (χ3n) is 16.5. The maximum atomic E-state index is 16.0. The number of nitrogens with one attached hydrogen (secondary N) is 2. The Morgan fingerprint density at radius 2 is 0.677 bits per heavy atom. The van der Waals surface area contributed by atoms with Crippen LogP contribution in [0.2, 0.25) is 0 Å². The van der Waals surface area contributed by atoms with E-state index in [-0.39, 0.29) is 165 Å². The molecule has 2 aliphatic heterocycles. The molecule has 9 aromatic carbocycles. The Hall–Kier alpha value is -11.0. The maximum absolute atomic E-state index is 16.0. The molecule has 96 heavy (non-hydrogen) atoms. The van der Waals surface area contributed by atoms with Crippen LogP contribution in [-0.4, -0.2) is 122 Å². The molecule has 2 N–H and O–H groups in total. The first-order chi connectivity index (χ1) is 46.6. The lowest BCUT2D eigenvalue weighted by molar-refractivity contribution is -0.139. The van der Waals surface area contributed by atoms with Gasteiger partial charge in [0.05, 0.1) is 35.5 Å². The van der Waals surface area contributed by atoms with Crippen LogP contribution in [0.3, 0.4) is 0 Å². The number of benzene rings is 9. The number of imide groups is 2. The molecule has 0 fully saturated rings. The molecule has 20 heteroatoms. The number of esters is 2. The van der Waals surface area contributed by atoms with Gasteiger partial charge in [0.25, 0.3) is 23.6 Å². The van der Waals surface area contributed by atoms with Crippen molar-refractivity contribution in [1.82, 2.24) is 20.4 Å². The summed E-state index contributed by atoms with van der Waals surface area (Å²) in [5, 5.41) is 7.70. The van der Waals surface area contributed by atoms with Crippen molar-refractivity contribution in [2.45, 2.75) is 78.3 Å². The number of para-hydroxylation sites is 4. The van der Waals surface area contributed by atoms with E-state index in [2.05, 4.69) is 23.8 Å². The molecule has 0 saturated carbocycles. The van der Waals surface area contributed by atoms with Crippen LogP contribution in [0.1, 0.15) is 108 Å². The Kier molecular flexibility index (Phi) is 20.8. The molecular weight excluding hydrogens is 1220 g/mol. The zero-order valence-corrected chi connectivity index (χ0v) is 53.8. The minimum atomic E-state index is -1.41. The number of ether oxygens (including phenoxy) is 8. The summed E-state index contributed by atoms with van der Waals surface area (Å²) in [5.74, 6) is -4.11. The van der Waals surface area contributed by atoms with E-state index in [9.17, 15) is 19.2 Å². The Balaban J connectivity index is 1.18. The van der Waals surface area contributed by atoms with Gasteiger partial charge in [0, 0.05) is 107 Å². The van der Waals surface area contributed by atoms with Crippen molar-refractivity contribution in [2.75, 3.05) is 52.7 Å². The lowest BCUT2D eigenvalue weighted by Gasteiger charge is -2.36. The van der Waals surface area contributed by atoms with Crippen LogP contribution >= 0.6 is 0 Å². The predicted molar refractivity (Wildman–Crippen MR) is 361 cm³/mol. The second-order valence-corrected chi connectivity index (χ2v) is 23.1. The van der Waals surface area contributed by atoms with Crippen LogP contribution in [0, 0.1) is 0 Å². The smallest absolute Gasteiger partial charge is 0.333 e. The second-order valence-electron chi connectivity index (χ2n) is 23.1. The van der Waals surface area contributed by atoms with Crippen LogP contribution in [0.25, 0.3) is 43.1 Å². The van der Waals surface area contributed by atoms with Crippen molar-refractivity contribution in [3.63, 3.8) is 0 Å². The Morgan fingerprint density at radius 1 is 0.396 bits per heavy atom. The van der Waals surface area contributed by atoms with E-state index >= 15 is 19.2 Å². The fourth-order valence-corrected chi connectivity index (χ4v) is 12.0. The standard InChI is InChI=1S/C76H72N4O16/c1-7-89-39-33-55(69(81)77-35-21-23-37-91-75(87)45(3)4)79-71(83)51-41-57(93-47-25-13-9-14-26-47)63-65-59(95-49-29-17-11-18-30-49)43-53-62-54(74(86)80(73(53)85)56(34-40-90-8-2)70(82)78-36-22-24-38-92-76(88)46(5)6)44-60(96-50-31-19-12-20-32-50)66(68(62)65)64-58(94-48-27-15-10-16-28-48)42-52(72(79)84)61(51)67(63)64/h9-20,25-32,41-44,55-56H,3,5,7-8,21-24,33-40H2,1-2,4,6H3,(H,77,81)(H,78,82). The number of rotatable bonds is 32. The molecule has 0 radical (unpaired) electrons. The fraction of sp³-hybridized carbons (Fsp3) is 0.263. The number of carbonyl (C=O) groups excluding carboxylic acids is 8. The molecule has 0 spiro atoms. The van der Waals surface area contributed by atoms with E-state index < -0.39 is 59.5 Å². The van der Waals surface area contributed by atoms with Crippen molar-refractivity contribution in [2.24, 2.45) is 0 Å². The first-order valence-electron chi connectivity index (χ1n) is 32.0. The predicted octanol–water partition coefficient (Wildman–Crippen LogP) is 13.7. The first kappa shape index (κ1) is 66.5. The van der Waals surface area contributed by atoms with Crippen molar-refractivity contribution < 1.29 is 76.3 Å². The average Bonchev–Trinajstić information content (AvgIpc) is 0.673. The van der Waals surface area contributed by atoms with Crippen molar-refractivity contribution in [1.29, 1.82) is 0 Å². The van der Waals surface area contributed by atoms with E-state index in [0.717, 1.165) is 9.80 Å². The summed E-state index contributed by atoms with van der Waals surface area (Å²) in [6.07, 6.45) is 1.39. The summed E-state index contributed by atoms with van der Waals surface area (Å²) in [6, 6.07) is 38.6. The van der Waals surface area contributed by atoms with Gasteiger partial charge in [-0.1, -0.05) is 86.0 Å². The molecule has 0 aliphatic carbocycles. The van der Waals surface area contributed by atoms with Crippen molar-refractivity contribution in [3.8, 4) is 46.0 Å². The van der Waals surface area contributed by atoms with Gasteiger partial charge in [0.2, 0.25) is 11.8 Å². The minimum Gasteiger partial charge on any atom is -0.462 e. The summed E-state index contributed by atoms with van der Waals surface area (Å²) in [7, 11) is 0. The summed E-state index contributed by atoms with van der Waals surface area (Å²) in [6.45, 7) is 14.9. The highest BCUT2D eigenvalue weighted by Gasteiger charge is 2.46. The first-order valence-corrected chi connectivity index (χ1v) is 32.0. The number of unbranched alkanes of at least 4 members (excludes halogenated alkanes) is 2. The van der Waals surface area contributed by atoms with Gasteiger partial charge >= 0.3 is 11.9 Å². The van der Waals surface area contributed by atoms with E-state index in [1.807, 2.05) is 24.3 Å². The molecule has 9 aromatic rings. The number of nitrogens with zero attached hydrogens (tertiary/aromatic N) is 2. The van der Waals surface area contributed by atoms with Crippen LogP contribution in [0.5, 0.6) is 46.0 Å². The Labute approximate surface area is 553 Å². The zero-order chi connectivity index (χ0) is 67.6. The average molecular weight is 1300 g/mol. The second kappa shape index (κ2) is 30.0. The normalized spacial score (nSPS) is 13.2. The molecule has 492 valence electrons. The van der Waals surface area contributed by atoms with Gasteiger partial charge in [-0.2, -0.15) is 0 Å². The molecule has 0 saturated heterocycles. The van der Waals surface area contributed by atoms with Crippen LogP contribution < -0.4 is 29.6 Å². The van der Waals surface area contributed by atoms with Crippen molar-refractivity contribution >= 4 is 90.5 Å². The number of fused-ring (bicyclic) bond motifs is 2. The molecule has 2 aliphatic rings. The quantitative estimate of drug-likeness (QED) is 0.00994. The van der Waals surface area contributed by atoms with Crippen LogP contribution in [0.4, 0.5) is 0 Å². The summed E-state index contributed by atoms with van der Waals surface area (Å²) < 4.78 is 50.3. The minimum absolute atomic E-state index is 0.00576.